The van der Waals surface area contributed by atoms with E-state index in [0.29, 0.717) is 6.20 Å². The van der Waals surface area contributed by atoms with Crippen LogP contribution in [0.1, 0.15) is 12.1 Å². The Bertz CT molecular complexity index is 491. The predicted octanol–water partition coefficient (Wildman–Crippen LogP) is 1.11. The molecule has 0 saturated heterocycles. The zero-order chi connectivity index (χ0) is 11.8. The molecule has 1 heterocycles. The molecule has 9 heteroatoms. The van der Waals surface area contributed by atoms with Crippen molar-refractivity contribution < 1.29 is 17.2 Å². The Morgan fingerprint density at radius 2 is 1.87 bits per heavy atom. The van der Waals surface area contributed by atoms with Crippen LogP contribution in [0.15, 0.2) is 11.1 Å². The maximum absolute atomic E-state index is 12.3. The lowest BCUT2D eigenvalue weighted by Crippen LogP contribution is -2.08. The van der Waals surface area contributed by atoms with Crippen LogP contribution in [-0.4, -0.2) is 13.4 Å². The minimum Gasteiger partial charge on any atom is -0.396 e. The quantitative estimate of drug-likeness (QED) is 0.773. The summed E-state index contributed by atoms with van der Waals surface area (Å²) in [5.41, 5.74) is 8.57. The molecule has 0 aliphatic carbocycles. The molecule has 0 unspecified atom stereocenters. The van der Waals surface area contributed by atoms with E-state index in [4.69, 9.17) is 22.1 Å². The normalized spacial score (nSPS) is 12.0. The number of halogens is 3. The SMILES string of the molecule is Nc1c(S(=O)(=O)Cl)cnc(C(F)F)c1N. The zero-order valence-corrected chi connectivity index (χ0v) is 8.69. The topological polar surface area (TPSA) is 99.1 Å². The number of aromatic nitrogens is 1. The van der Waals surface area contributed by atoms with E-state index in [0.717, 1.165) is 0 Å². The van der Waals surface area contributed by atoms with Crippen LogP contribution in [-0.2, 0) is 9.05 Å². The smallest absolute Gasteiger partial charge is 0.282 e. The number of hydrogen-bond donors (Lipinski definition) is 2. The van der Waals surface area contributed by atoms with Crippen molar-refractivity contribution >= 4 is 31.1 Å². The molecule has 15 heavy (non-hydrogen) atoms. The molecule has 0 aliphatic heterocycles. The Labute approximate surface area is 88.5 Å². The highest BCUT2D eigenvalue weighted by Crippen LogP contribution is 2.32. The first-order valence-corrected chi connectivity index (χ1v) is 5.82. The Kier molecular flexibility index (Phi) is 3.00. The van der Waals surface area contributed by atoms with Crippen LogP contribution in [0.3, 0.4) is 0 Å². The number of anilines is 2. The summed E-state index contributed by atoms with van der Waals surface area (Å²) >= 11 is 0. The van der Waals surface area contributed by atoms with Gasteiger partial charge < -0.3 is 11.5 Å². The number of hydrogen-bond acceptors (Lipinski definition) is 5. The largest absolute Gasteiger partial charge is 0.396 e. The highest BCUT2D eigenvalue weighted by Gasteiger charge is 2.22. The highest BCUT2D eigenvalue weighted by atomic mass is 35.7. The molecule has 4 N–H and O–H groups in total. The van der Waals surface area contributed by atoms with Gasteiger partial charge in [0.15, 0.2) is 0 Å². The summed E-state index contributed by atoms with van der Waals surface area (Å²) in [6.07, 6.45) is -2.28. The first kappa shape index (κ1) is 11.9. The van der Waals surface area contributed by atoms with Crippen molar-refractivity contribution in [1.82, 2.24) is 4.98 Å². The molecule has 0 atom stereocenters. The van der Waals surface area contributed by atoms with Gasteiger partial charge in [0, 0.05) is 16.9 Å². The fourth-order valence-electron chi connectivity index (χ4n) is 0.906. The lowest BCUT2D eigenvalue weighted by atomic mass is 10.2. The number of nitrogen functional groups attached to an aromatic ring is 2. The average Bonchev–Trinajstić information content (AvgIpc) is 2.06. The van der Waals surface area contributed by atoms with Crippen molar-refractivity contribution in [2.45, 2.75) is 11.3 Å². The summed E-state index contributed by atoms with van der Waals surface area (Å²) in [4.78, 5) is 2.61. The standard InChI is InChI=1S/C6H6ClF2N3O2S/c7-15(13,14)2-1-12-5(6(8)9)4(11)3(2)10/h1,6H,11H2,(H2,10,12). The van der Waals surface area contributed by atoms with Crippen molar-refractivity contribution in [3.8, 4) is 0 Å². The molecule has 1 rings (SSSR count). The van der Waals surface area contributed by atoms with Crippen LogP contribution in [0.4, 0.5) is 20.2 Å². The van der Waals surface area contributed by atoms with Crippen molar-refractivity contribution in [3.05, 3.63) is 11.9 Å². The predicted molar refractivity (Wildman–Crippen MR) is 51.1 cm³/mol. The first-order valence-electron chi connectivity index (χ1n) is 3.51. The third-order valence-corrected chi connectivity index (χ3v) is 2.97. The van der Waals surface area contributed by atoms with Gasteiger partial charge in [-0.3, -0.25) is 4.98 Å². The molecule has 84 valence electrons. The third kappa shape index (κ3) is 2.26. The Balaban J connectivity index is 3.48. The van der Waals surface area contributed by atoms with E-state index in [-0.39, 0.29) is 0 Å². The van der Waals surface area contributed by atoms with Crippen LogP contribution in [0, 0.1) is 0 Å². The van der Waals surface area contributed by atoms with Crippen LogP contribution < -0.4 is 11.5 Å². The second-order valence-corrected chi connectivity index (χ2v) is 5.11. The van der Waals surface area contributed by atoms with Gasteiger partial charge in [-0.15, -0.1) is 0 Å². The Morgan fingerprint density at radius 3 is 2.27 bits per heavy atom. The molecular weight excluding hydrogens is 252 g/mol. The number of pyridine rings is 1. The van der Waals surface area contributed by atoms with Crippen molar-refractivity contribution in [2.75, 3.05) is 11.5 Å². The summed E-state index contributed by atoms with van der Waals surface area (Å²) in [5.74, 6) is 0. The van der Waals surface area contributed by atoms with E-state index in [1.54, 1.807) is 0 Å². The van der Waals surface area contributed by atoms with Gasteiger partial charge in [-0.05, 0) is 0 Å². The van der Waals surface area contributed by atoms with Gasteiger partial charge in [0.25, 0.3) is 15.5 Å². The summed E-state index contributed by atoms with van der Waals surface area (Å²) in [6.45, 7) is 0. The fraction of sp³-hybridized carbons (Fsp3) is 0.167. The molecule has 1 aromatic rings. The monoisotopic (exact) mass is 257 g/mol. The van der Waals surface area contributed by atoms with Gasteiger partial charge in [-0.25, -0.2) is 17.2 Å². The summed E-state index contributed by atoms with van der Waals surface area (Å²) in [5, 5.41) is 0. The van der Waals surface area contributed by atoms with Gasteiger partial charge in [0.05, 0.1) is 11.4 Å². The molecule has 5 nitrogen and oxygen atoms in total. The maximum atomic E-state index is 12.3. The molecule has 0 bridgehead atoms. The second-order valence-electron chi connectivity index (χ2n) is 2.57. The highest BCUT2D eigenvalue weighted by molar-refractivity contribution is 8.13. The zero-order valence-electron chi connectivity index (χ0n) is 7.12. The van der Waals surface area contributed by atoms with E-state index in [9.17, 15) is 17.2 Å². The van der Waals surface area contributed by atoms with Crippen LogP contribution in [0.2, 0.25) is 0 Å². The lowest BCUT2D eigenvalue weighted by Gasteiger charge is -2.08. The van der Waals surface area contributed by atoms with Crippen molar-refractivity contribution in [1.29, 1.82) is 0 Å². The second kappa shape index (κ2) is 3.78. The van der Waals surface area contributed by atoms with Crippen LogP contribution >= 0.6 is 10.7 Å². The number of rotatable bonds is 2. The molecular formula is C6H6ClF2N3O2S. The third-order valence-electron chi connectivity index (χ3n) is 1.62. The first-order chi connectivity index (χ1) is 6.75. The molecule has 1 aromatic heterocycles. The van der Waals surface area contributed by atoms with E-state index in [1.807, 2.05) is 0 Å². The molecule has 0 radical (unpaired) electrons. The van der Waals surface area contributed by atoms with Crippen LogP contribution in [0.25, 0.3) is 0 Å². The van der Waals surface area contributed by atoms with Crippen LogP contribution in [0.5, 0.6) is 0 Å². The minimum atomic E-state index is -4.14. The van der Waals surface area contributed by atoms with Crippen molar-refractivity contribution in [2.24, 2.45) is 0 Å². The van der Waals surface area contributed by atoms with Gasteiger partial charge in [-0.2, -0.15) is 0 Å². The van der Waals surface area contributed by atoms with E-state index < -0.39 is 37.4 Å². The van der Waals surface area contributed by atoms with Crippen molar-refractivity contribution in [3.63, 3.8) is 0 Å². The van der Waals surface area contributed by atoms with Gasteiger partial charge in [0.2, 0.25) is 0 Å². The van der Waals surface area contributed by atoms with Gasteiger partial charge in [-0.1, -0.05) is 0 Å². The fourth-order valence-corrected chi connectivity index (χ4v) is 1.83. The number of alkyl halides is 2. The van der Waals surface area contributed by atoms with E-state index in [2.05, 4.69) is 4.98 Å². The summed E-state index contributed by atoms with van der Waals surface area (Å²) in [6, 6.07) is 0. The molecule has 0 aliphatic rings. The van der Waals surface area contributed by atoms with E-state index >= 15 is 0 Å². The number of nitrogens with two attached hydrogens (primary N) is 2. The van der Waals surface area contributed by atoms with Gasteiger partial charge in [0.1, 0.15) is 10.6 Å². The maximum Gasteiger partial charge on any atom is 0.282 e. The average molecular weight is 258 g/mol. The molecule has 0 amide bonds. The molecule has 0 spiro atoms. The van der Waals surface area contributed by atoms with E-state index in [1.165, 1.54) is 0 Å². The Hall–Kier alpha value is -1.15. The molecule has 0 saturated carbocycles. The summed E-state index contributed by atoms with van der Waals surface area (Å²) in [7, 11) is 0.838. The summed E-state index contributed by atoms with van der Waals surface area (Å²) < 4.78 is 46.3. The van der Waals surface area contributed by atoms with Gasteiger partial charge >= 0.3 is 0 Å². The molecule has 0 aromatic carbocycles. The number of nitrogens with zero attached hydrogens (tertiary/aromatic N) is 1. The minimum absolute atomic E-state index is 0.518. The molecule has 0 fully saturated rings. The Morgan fingerprint density at radius 1 is 1.33 bits per heavy atom. The lowest BCUT2D eigenvalue weighted by molar-refractivity contribution is 0.147.